The third kappa shape index (κ3) is 3.88. The van der Waals surface area contributed by atoms with Gasteiger partial charge in [-0.2, -0.15) is 0 Å². The number of carbonyl (C=O) groups is 1. The lowest BCUT2D eigenvalue weighted by Crippen LogP contribution is -2.29. The largest absolute Gasteiger partial charge is 0.481 e. The third-order valence-corrected chi connectivity index (χ3v) is 3.37. The van der Waals surface area contributed by atoms with Gasteiger partial charge in [-0.3, -0.25) is 9.36 Å². The number of hydrogen-bond acceptors (Lipinski definition) is 6. The highest BCUT2D eigenvalue weighted by Crippen LogP contribution is 2.19. The summed E-state index contributed by atoms with van der Waals surface area (Å²) in [5.41, 5.74) is 0. The highest BCUT2D eigenvalue weighted by atomic mass is 32.2. The minimum atomic E-state index is -0.865. The first kappa shape index (κ1) is 14.8. The Labute approximate surface area is 110 Å². The number of methoxy groups -OCH3 is 1. The fourth-order valence-electron chi connectivity index (χ4n) is 1.44. The predicted octanol–water partition coefficient (Wildman–Crippen LogP) is 0.464. The molecule has 0 fully saturated rings. The van der Waals surface area contributed by atoms with Gasteiger partial charge >= 0.3 is 5.97 Å². The zero-order valence-electron chi connectivity index (χ0n) is 10.8. The van der Waals surface area contributed by atoms with E-state index in [1.54, 1.807) is 11.7 Å². The minimum absolute atomic E-state index is 0.0177. The molecule has 0 bridgehead atoms. The van der Waals surface area contributed by atoms with Crippen LogP contribution in [0.2, 0.25) is 0 Å². The molecule has 0 saturated carbocycles. The maximum atomic E-state index is 10.5. The van der Waals surface area contributed by atoms with Crippen molar-refractivity contribution in [1.82, 2.24) is 14.8 Å². The summed E-state index contributed by atoms with van der Waals surface area (Å²) in [6.45, 7) is 4.15. The lowest BCUT2D eigenvalue weighted by molar-refractivity contribution is -0.133. The van der Waals surface area contributed by atoms with E-state index in [9.17, 15) is 4.79 Å². The second kappa shape index (κ2) is 7.22. The number of carboxylic acids is 1. The summed E-state index contributed by atoms with van der Waals surface area (Å²) in [7, 11) is 3.48. The molecule has 0 radical (unpaired) electrons. The van der Waals surface area contributed by atoms with E-state index in [2.05, 4.69) is 10.2 Å². The van der Waals surface area contributed by atoms with Crippen LogP contribution in [-0.2, 0) is 16.6 Å². The van der Waals surface area contributed by atoms with Crippen molar-refractivity contribution in [3.8, 4) is 0 Å². The Morgan fingerprint density at radius 1 is 1.56 bits per heavy atom. The molecule has 1 aromatic heterocycles. The van der Waals surface area contributed by atoms with Crippen molar-refractivity contribution < 1.29 is 14.6 Å². The zero-order valence-corrected chi connectivity index (χ0v) is 11.6. The van der Waals surface area contributed by atoms with Crippen LogP contribution in [0.3, 0.4) is 0 Å². The first-order chi connectivity index (χ1) is 8.60. The number of likely N-dealkylation sites (N-methyl/N-ethyl adjacent to an activating group) is 1. The molecule has 0 aliphatic rings. The van der Waals surface area contributed by atoms with Crippen LogP contribution in [-0.4, -0.2) is 58.4 Å². The summed E-state index contributed by atoms with van der Waals surface area (Å²) in [4.78, 5) is 12.5. The van der Waals surface area contributed by atoms with Crippen LogP contribution in [0.1, 0.15) is 6.92 Å². The highest BCUT2D eigenvalue weighted by molar-refractivity contribution is 7.99. The average molecular weight is 274 g/mol. The van der Waals surface area contributed by atoms with Gasteiger partial charge in [-0.15, -0.1) is 10.2 Å². The molecule has 0 amide bonds. The van der Waals surface area contributed by atoms with Crippen molar-refractivity contribution in [2.75, 3.05) is 37.5 Å². The molecule has 7 nitrogen and oxygen atoms in total. The summed E-state index contributed by atoms with van der Waals surface area (Å²) in [6, 6.07) is 0. The van der Waals surface area contributed by atoms with Crippen molar-refractivity contribution in [2.24, 2.45) is 7.05 Å². The van der Waals surface area contributed by atoms with Crippen LogP contribution < -0.4 is 4.90 Å². The molecule has 102 valence electrons. The van der Waals surface area contributed by atoms with E-state index in [0.717, 1.165) is 30.8 Å². The van der Waals surface area contributed by atoms with Gasteiger partial charge in [0.05, 0.1) is 12.4 Å². The topological polar surface area (TPSA) is 80.5 Å². The summed E-state index contributed by atoms with van der Waals surface area (Å²) >= 11 is 1.16. The molecule has 18 heavy (non-hydrogen) atoms. The number of thioether (sulfide) groups is 1. The summed E-state index contributed by atoms with van der Waals surface area (Å²) in [5, 5.41) is 17.3. The lowest BCUT2D eigenvalue weighted by atomic mass is 10.5. The van der Waals surface area contributed by atoms with Crippen LogP contribution in [0.5, 0.6) is 0 Å². The minimum Gasteiger partial charge on any atom is -0.481 e. The van der Waals surface area contributed by atoms with Gasteiger partial charge in [0.25, 0.3) is 0 Å². The summed E-state index contributed by atoms with van der Waals surface area (Å²) in [5.74, 6) is -0.158. The number of aromatic nitrogens is 3. The van der Waals surface area contributed by atoms with E-state index in [0.29, 0.717) is 11.8 Å². The fourth-order valence-corrected chi connectivity index (χ4v) is 2.06. The average Bonchev–Trinajstić information content (AvgIpc) is 2.70. The molecule has 1 N–H and O–H groups in total. The van der Waals surface area contributed by atoms with Crippen LogP contribution in [0.25, 0.3) is 0 Å². The maximum Gasteiger partial charge on any atom is 0.313 e. The van der Waals surface area contributed by atoms with Crippen molar-refractivity contribution in [3.05, 3.63) is 0 Å². The third-order valence-electron chi connectivity index (χ3n) is 2.37. The Hall–Kier alpha value is -1.28. The van der Waals surface area contributed by atoms with Crippen LogP contribution in [0, 0.1) is 0 Å². The fraction of sp³-hybridized carbons (Fsp3) is 0.700. The Morgan fingerprint density at radius 2 is 2.28 bits per heavy atom. The van der Waals surface area contributed by atoms with E-state index in [4.69, 9.17) is 9.84 Å². The zero-order chi connectivity index (χ0) is 13.5. The number of hydrogen-bond donors (Lipinski definition) is 1. The SMILES string of the molecule is CCN(CCOC)c1nnc(SCC(=O)O)n1C. The van der Waals surface area contributed by atoms with Crippen LogP contribution >= 0.6 is 11.8 Å². The van der Waals surface area contributed by atoms with Crippen molar-refractivity contribution >= 4 is 23.7 Å². The van der Waals surface area contributed by atoms with E-state index < -0.39 is 5.97 Å². The summed E-state index contributed by atoms with van der Waals surface area (Å²) < 4.78 is 6.84. The Kier molecular flexibility index (Phi) is 5.93. The lowest BCUT2D eigenvalue weighted by Gasteiger charge is -2.20. The van der Waals surface area contributed by atoms with Crippen molar-refractivity contribution in [3.63, 3.8) is 0 Å². The molecule has 0 unspecified atom stereocenters. The van der Waals surface area contributed by atoms with Crippen LogP contribution in [0.4, 0.5) is 5.95 Å². The van der Waals surface area contributed by atoms with Gasteiger partial charge in [-0.05, 0) is 6.92 Å². The van der Waals surface area contributed by atoms with Gasteiger partial charge in [0.2, 0.25) is 5.95 Å². The first-order valence-corrected chi connectivity index (χ1v) is 6.56. The quantitative estimate of drug-likeness (QED) is 0.690. The van der Waals surface area contributed by atoms with Gasteiger partial charge in [0.1, 0.15) is 0 Å². The molecule has 1 heterocycles. The van der Waals surface area contributed by atoms with Crippen molar-refractivity contribution in [1.29, 1.82) is 0 Å². The van der Waals surface area contributed by atoms with Gasteiger partial charge in [-0.1, -0.05) is 11.8 Å². The Morgan fingerprint density at radius 3 is 2.83 bits per heavy atom. The normalized spacial score (nSPS) is 10.6. The number of ether oxygens (including phenoxy) is 1. The monoisotopic (exact) mass is 274 g/mol. The van der Waals surface area contributed by atoms with Gasteiger partial charge in [-0.25, -0.2) is 0 Å². The maximum absolute atomic E-state index is 10.5. The Balaban J connectivity index is 2.73. The van der Waals surface area contributed by atoms with Gasteiger partial charge < -0.3 is 14.7 Å². The molecule has 0 spiro atoms. The second-order valence-corrected chi connectivity index (χ2v) is 4.54. The smallest absolute Gasteiger partial charge is 0.313 e. The molecule has 1 aromatic rings. The van der Waals surface area contributed by atoms with Gasteiger partial charge in [0, 0.05) is 27.2 Å². The number of aliphatic carboxylic acids is 1. The van der Waals surface area contributed by atoms with Gasteiger partial charge in [0.15, 0.2) is 5.16 Å². The van der Waals surface area contributed by atoms with Crippen LogP contribution in [0.15, 0.2) is 5.16 Å². The van der Waals surface area contributed by atoms with E-state index in [1.165, 1.54) is 0 Å². The number of anilines is 1. The molecule has 0 atom stereocenters. The number of rotatable bonds is 8. The molecule has 0 aliphatic carbocycles. The molecule has 0 aliphatic heterocycles. The molecule has 0 saturated heterocycles. The second-order valence-electron chi connectivity index (χ2n) is 3.60. The molecule has 1 rings (SSSR count). The predicted molar refractivity (Wildman–Crippen MR) is 69.1 cm³/mol. The number of nitrogens with zero attached hydrogens (tertiary/aromatic N) is 4. The highest BCUT2D eigenvalue weighted by Gasteiger charge is 2.15. The summed E-state index contributed by atoms with van der Waals surface area (Å²) in [6.07, 6.45) is 0. The first-order valence-electron chi connectivity index (χ1n) is 5.58. The molecular weight excluding hydrogens is 256 g/mol. The molecule has 8 heteroatoms. The van der Waals surface area contributed by atoms with E-state index >= 15 is 0 Å². The van der Waals surface area contributed by atoms with Crippen molar-refractivity contribution in [2.45, 2.75) is 12.1 Å². The van der Waals surface area contributed by atoms with E-state index in [-0.39, 0.29) is 5.75 Å². The van der Waals surface area contributed by atoms with E-state index in [1.807, 2.05) is 18.9 Å². The molecular formula is C10H18N4O3S. The number of carboxylic acid groups (broad SMARTS) is 1. The molecule has 0 aromatic carbocycles. The Bertz CT molecular complexity index is 396. The standard InChI is InChI=1S/C10H18N4O3S/c1-4-14(5-6-17-3)9-11-12-10(13(9)2)18-7-8(15)16/h4-7H2,1-3H3,(H,15,16).